The van der Waals surface area contributed by atoms with Crippen LogP contribution in [0.3, 0.4) is 0 Å². The predicted octanol–water partition coefficient (Wildman–Crippen LogP) is 5.75. The van der Waals surface area contributed by atoms with Crippen LogP contribution in [-0.2, 0) is 13.1 Å². The molecule has 0 fully saturated rings. The van der Waals surface area contributed by atoms with E-state index in [-0.39, 0.29) is 0 Å². The molecule has 0 amide bonds. The predicted molar refractivity (Wildman–Crippen MR) is 132 cm³/mol. The summed E-state index contributed by atoms with van der Waals surface area (Å²) in [5.74, 6) is 1.47. The minimum atomic E-state index is -0.392. The average molecular weight is 442 g/mol. The van der Waals surface area contributed by atoms with Gasteiger partial charge in [0.25, 0.3) is 0 Å². The molecule has 0 saturated heterocycles. The molecule has 170 valence electrons. The number of rotatable bonds is 10. The molecule has 0 aliphatic heterocycles. The molecule has 1 aromatic heterocycles. The summed E-state index contributed by atoms with van der Waals surface area (Å²) in [4.78, 5) is 2.26. The Morgan fingerprint density at radius 2 is 1.48 bits per heavy atom. The van der Waals surface area contributed by atoms with Crippen LogP contribution in [0.1, 0.15) is 30.2 Å². The maximum atomic E-state index is 10.4. The fraction of sp³-hybridized carbons (Fsp3) is 0.250. The number of hydrogen-bond acceptors (Lipinski definition) is 4. The van der Waals surface area contributed by atoms with Crippen LogP contribution in [-0.4, -0.2) is 32.4 Å². The molecule has 4 aromatic rings. The lowest BCUT2D eigenvalue weighted by Crippen LogP contribution is -2.31. The number of aryl methyl sites for hydroxylation is 1. The number of hydrogen-bond donors (Lipinski definition) is 1. The maximum Gasteiger partial charge on any atom is 0.227 e. The van der Waals surface area contributed by atoms with Gasteiger partial charge in [0.15, 0.2) is 0 Å². The molecule has 1 N–H and O–H groups in total. The molecule has 0 spiro atoms. The highest BCUT2D eigenvalue weighted by Crippen LogP contribution is 2.32. The lowest BCUT2D eigenvalue weighted by molar-refractivity contribution is 0.101. The zero-order valence-electron chi connectivity index (χ0n) is 19.3. The average Bonchev–Trinajstić information content (AvgIpc) is 3.15. The van der Waals surface area contributed by atoms with Crippen molar-refractivity contribution in [2.45, 2.75) is 39.5 Å². The van der Waals surface area contributed by atoms with E-state index in [1.54, 1.807) is 0 Å². The van der Waals surface area contributed by atoms with Gasteiger partial charge in [-0.3, -0.25) is 4.90 Å². The summed E-state index contributed by atoms with van der Waals surface area (Å²) < 4.78 is 8.28. The lowest BCUT2D eigenvalue weighted by atomic mass is 10.1. The van der Waals surface area contributed by atoms with Crippen LogP contribution in [0.5, 0.6) is 11.6 Å². The van der Waals surface area contributed by atoms with Crippen molar-refractivity contribution in [3.63, 3.8) is 0 Å². The Hall–Kier alpha value is -3.41. The van der Waals surface area contributed by atoms with E-state index >= 15 is 0 Å². The topological polar surface area (TPSA) is 50.5 Å². The molecule has 0 radical (unpaired) electrons. The Kier molecular flexibility index (Phi) is 7.55. The van der Waals surface area contributed by atoms with Crippen molar-refractivity contribution < 1.29 is 9.84 Å². The molecule has 1 atom stereocenters. The zero-order valence-corrected chi connectivity index (χ0v) is 19.3. The van der Waals surface area contributed by atoms with E-state index in [4.69, 9.17) is 9.84 Å². The van der Waals surface area contributed by atoms with Gasteiger partial charge in [0, 0.05) is 19.6 Å². The van der Waals surface area contributed by atoms with Crippen LogP contribution >= 0.6 is 0 Å². The van der Waals surface area contributed by atoms with Gasteiger partial charge < -0.3 is 9.84 Å². The second-order valence-corrected chi connectivity index (χ2v) is 8.25. The number of benzene rings is 3. The lowest BCUT2D eigenvalue weighted by Gasteiger charge is -2.25. The molecule has 0 bridgehead atoms. The van der Waals surface area contributed by atoms with Crippen LogP contribution in [0.25, 0.3) is 5.69 Å². The maximum absolute atomic E-state index is 10.4. The van der Waals surface area contributed by atoms with Crippen molar-refractivity contribution in [3.05, 3.63) is 108 Å². The van der Waals surface area contributed by atoms with E-state index in [1.807, 2.05) is 97.4 Å². The van der Waals surface area contributed by atoms with Crippen LogP contribution in [0.4, 0.5) is 0 Å². The molecule has 0 aliphatic rings. The smallest absolute Gasteiger partial charge is 0.227 e. The van der Waals surface area contributed by atoms with Gasteiger partial charge in [0.1, 0.15) is 5.75 Å². The molecule has 33 heavy (non-hydrogen) atoms. The third kappa shape index (κ3) is 5.89. The third-order valence-corrected chi connectivity index (χ3v) is 5.67. The summed E-state index contributed by atoms with van der Waals surface area (Å²) in [6.45, 7) is 5.95. The van der Waals surface area contributed by atoms with Crippen molar-refractivity contribution in [1.29, 1.82) is 0 Å². The van der Waals surface area contributed by atoms with Crippen LogP contribution in [0.2, 0.25) is 0 Å². The van der Waals surface area contributed by atoms with E-state index in [0.29, 0.717) is 25.4 Å². The van der Waals surface area contributed by atoms with Gasteiger partial charge in [0.2, 0.25) is 5.88 Å². The van der Waals surface area contributed by atoms with Crippen molar-refractivity contribution in [2.75, 3.05) is 6.54 Å². The van der Waals surface area contributed by atoms with E-state index in [2.05, 4.69) is 17.0 Å². The summed E-state index contributed by atoms with van der Waals surface area (Å²) >= 11 is 0. The van der Waals surface area contributed by atoms with Crippen molar-refractivity contribution >= 4 is 0 Å². The first-order valence-corrected chi connectivity index (χ1v) is 11.4. The molecule has 5 heteroatoms. The molecule has 1 heterocycles. The van der Waals surface area contributed by atoms with Crippen molar-refractivity contribution in [1.82, 2.24) is 14.7 Å². The van der Waals surface area contributed by atoms with Gasteiger partial charge in [-0.15, -0.1) is 0 Å². The van der Waals surface area contributed by atoms with Gasteiger partial charge in [0.05, 0.1) is 23.0 Å². The summed E-state index contributed by atoms with van der Waals surface area (Å²) in [7, 11) is 0. The minimum Gasteiger partial charge on any atom is -0.439 e. The van der Waals surface area contributed by atoms with Gasteiger partial charge in [-0.05, 0) is 43.2 Å². The fourth-order valence-corrected chi connectivity index (χ4v) is 3.85. The molecule has 3 aromatic carbocycles. The third-order valence-electron chi connectivity index (χ3n) is 5.67. The molecular weight excluding hydrogens is 410 g/mol. The van der Waals surface area contributed by atoms with Gasteiger partial charge in [-0.1, -0.05) is 73.7 Å². The van der Waals surface area contributed by atoms with Crippen molar-refractivity contribution in [3.8, 4) is 17.3 Å². The number of nitrogens with zero attached hydrogens (tertiary/aromatic N) is 3. The monoisotopic (exact) mass is 441 g/mol. The number of aliphatic hydroxyl groups is 1. The van der Waals surface area contributed by atoms with E-state index in [1.165, 1.54) is 5.56 Å². The van der Waals surface area contributed by atoms with E-state index in [0.717, 1.165) is 29.2 Å². The molecule has 0 aliphatic carbocycles. The van der Waals surface area contributed by atoms with Gasteiger partial charge in [-0.25, -0.2) is 4.68 Å². The van der Waals surface area contributed by atoms with Gasteiger partial charge in [-0.2, -0.15) is 5.10 Å². The Morgan fingerprint density at radius 3 is 2.12 bits per heavy atom. The second kappa shape index (κ2) is 10.9. The quantitative estimate of drug-likeness (QED) is 0.341. The molecule has 0 saturated carbocycles. The minimum absolute atomic E-state index is 0.392. The first-order valence-electron chi connectivity index (χ1n) is 11.4. The highest BCUT2D eigenvalue weighted by molar-refractivity contribution is 5.43. The van der Waals surface area contributed by atoms with Crippen molar-refractivity contribution in [2.24, 2.45) is 0 Å². The summed E-state index contributed by atoms with van der Waals surface area (Å²) in [5, 5.41) is 15.3. The number of aromatic nitrogens is 2. The Labute approximate surface area is 195 Å². The summed E-state index contributed by atoms with van der Waals surface area (Å²) in [6, 6.07) is 30.2. The molecule has 4 rings (SSSR count). The highest BCUT2D eigenvalue weighted by Gasteiger charge is 2.22. The molecule has 0 unspecified atom stereocenters. The van der Waals surface area contributed by atoms with Crippen LogP contribution in [0.15, 0.2) is 91.0 Å². The van der Waals surface area contributed by atoms with Crippen LogP contribution < -0.4 is 4.74 Å². The molecular formula is C28H31N3O2. The number of ether oxygens (including phenoxy) is 1. The Morgan fingerprint density at radius 1 is 0.879 bits per heavy atom. The SMILES string of the molecule is CC[C@H](O)CN(Cc1ccccc1)Cc1c(C)nn(-c2ccccc2)c1Oc1ccccc1. The first kappa shape index (κ1) is 22.8. The normalized spacial score (nSPS) is 12.1. The number of aliphatic hydroxyl groups excluding tert-OH is 1. The summed E-state index contributed by atoms with van der Waals surface area (Å²) in [5.41, 5.74) is 4.08. The standard InChI is InChI=1S/C28H31N3O2/c1-3-25(32)20-30(19-23-13-7-4-8-14-23)21-27-22(2)29-31(24-15-9-5-10-16-24)28(27)33-26-17-11-6-12-18-26/h4-18,25,32H,3,19-21H2,1-2H3/t25-/m0/s1. The summed E-state index contributed by atoms with van der Waals surface area (Å²) in [6.07, 6.45) is 0.317. The first-order chi connectivity index (χ1) is 16.1. The Bertz CT molecular complexity index is 1130. The fourth-order valence-electron chi connectivity index (χ4n) is 3.85. The zero-order chi connectivity index (χ0) is 23.0. The van der Waals surface area contributed by atoms with Crippen LogP contribution in [0, 0.1) is 6.92 Å². The molecule has 5 nitrogen and oxygen atoms in total. The highest BCUT2D eigenvalue weighted by atomic mass is 16.5. The van der Waals surface area contributed by atoms with Gasteiger partial charge >= 0.3 is 0 Å². The largest absolute Gasteiger partial charge is 0.439 e. The Balaban J connectivity index is 1.71. The number of para-hydroxylation sites is 2. The second-order valence-electron chi connectivity index (χ2n) is 8.25. The van der Waals surface area contributed by atoms with E-state index in [9.17, 15) is 5.11 Å². The van der Waals surface area contributed by atoms with E-state index < -0.39 is 6.10 Å².